The molecule has 0 atom stereocenters. The Labute approximate surface area is 129 Å². The van der Waals surface area contributed by atoms with Crippen molar-refractivity contribution in [1.29, 1.82) is 5.26 Å². The molecule has 0 aromatic heterocycles. The van der Waals surface area contributed by atoms with E-state index in [0.29, 0.717) is 5.56 Å². The number of halogens is 4. The number of hydrogen-bond acceptors (Lipinski definition) is 3. The van der Waals surface area contributed by atoms with Crippen molar-refractivity contribution in [3.8, 4) is 17.6 Å². The third kappa shape index (κ3) is 3.50. The van der Waals surface area contributed by atoms with Gasteiger partial charge in [0, 0.05) is 0 Å². The van der Waals surface area contributed by atoms with Crippen molar-refractivity contribution in [2.45, 2.75) is 12.8 Å². The third-order valence-electron chi connectivity index (χ3n) is 2.82. The highest BCUT2D eigenvalue weighted by atomic mass is 35.5. The Bertz CT molecular complexity index is 739. The summed E-state index contributed by atoms with van der Waals surface area (Å²) < 4.78 is 43.7. The predicted octanol–water partition coefficient (Wildman–Crippen LogP) is 4.52. The van der Waals surface area contributed by atoms with Crippen molar-refractivity contribution >= 4 is 11.6 Å². The molecule has 0 aliphatic heterocycles. The lowest BCUT2D eigenvalue weighted by molar-refractivity contribution is -0.137. The Kier molecular flexibility index (Phi) is 4.59. The van der Waals surface area contributed by atoms with Crippen LogP contribution in [0.4, 0.5) is 13.2 Å². The van der Waals surface area contributed by atoms with Gasteiger partial charge in [-0.15, -0.1) is 0 Å². The SMILES string of the molecule is N#Cc1cc(CO)ccc1Oc1ccc(Cl)c(C(F)(F)F)c1. The van der Waals surface area contributed by atoms with Crippen LogP contribution in [0.25, 0.3) is 0 Å². The normalized spacial score (nSPS) is 11.1. The van der Waals surface area contributed by atoms with Gasteiger partial charge in [0.15, 0.2) is 0 Å². The van der Waals surface area contributed by atoms with Crippen LogP contribution in [0.15, 0.2) is 36.4 Å². The standard InChI is InChI=1S/C15H9ClF3NO2/c16-13-3-2-11(6-12(13)15(17,18)19)22-14-4-1-9(8-21)5-10(14)7-20/h1-6,21H,8H2. The van der Waals surface area contributed by atoms with Gasteiger partial charge in [-0.1, -0.05) is 17.7 Å². The van der Waals surface area contributed by atoms with Crippen molar-refractivity contribution in [3.63, 3.8) is 0 Å². The Morgan fingerprint density at radius 2 is 1.91 bits per heavy atom. The van der Waals surface area contributed by atoms with Crippen LogP contribution in [0.5, 0.6) is 11.5 Å². The van der Waals surface area contributed by atoms with E-state index in [1.54, 1.807) is 0 Å². The first-order chi connectivity index (χ1) is 10.3. The summed E-state index contributed by atoms with van der Waals surface area (Å²) >= 11 is 5.53. The fraction of sp³-hybridized carbons (Fsp3) is 0.133. The second-order valence-corrected chi connectivity index (χ2v) is 4.75. The number of benzene rings is 2. The summed E-state index contributed by atoms with van der Waals surface area (Å²) in [5, 5.41) is 17.6. The lowest BCUT2D eigenvalue weighted by Gasteiger charge is -2.12. The van der Waals surface area contributed by atoms with E-state index in [4.69, 9.17) is 26.7 Å². The van der Waals surface area contributed by atoms with E-state index in [9.17, 15) is 13.2 Å². The van der Waals surface area contributed by atoms with Crippen molar-refractivity contribution in [2.24, 2.45) is 0 Å². The van der Waals surface area contributed by atoms with E-state index in [-0.39, 0.29) is 23.7 Å². The van der Waals surface area contributed by atoms with Crippen LogP contribution in [-0.2, 0) is 12.8 Å². The topological polar surface area (TPSA) is 53.2 Å². The van der Waals surface area contributed by atoms with E-state index in [0.717, 1.165) is 12.1 Å². The van der Waals surface area contributed by atoms with E-state index in [1.165, 1.54) is 24.3 Å². The Morgan fingerprint density at radius 3 is 2.50 bits per heavy atom. The zero-order valence-corrected chi connectivity index (χ0v) is 11.7. The average molecular weight is 328 g/mol. The molecule has 2 aromatic carbocycles. The molecular formula is C15H9ClF3NO2. The number of nitriles is 1. The molecule has 0 saturated heterocycles. The lowest BCUT2D eigenvalue weighted by Crippen LogP contribution is -2.06. The second kappa shape index (κ2) is 6.26. The number of aliphatic hydroxyl groups excluding tert-OH is 1. The Balaban J connectivity index is 2.38. The minimum Gasteiger partial charge on any atom is -0.456 e. The lowest BCUT2D eigenvalue weighted by atomic mass is 10.1. The quantitative estimate of drug-likeness (QED) is 0.902. The molecule has 0 unspecified atom stereocenters. The van der Waals surface area contributed by atoms with Gasteiger partial charge in [-0.3, -0.25) is 0 Å². The Morgan fingerprint density at radius 1 is 1.18 bits per heavy atom. The third-order valence-corrected chi connectivity index (χ3v) is 3.15. The number of ether oxygens (including phenoxy) is 1. The van der Waals surface area contributed by atoms with Crippen LogP contribution >= 0.6 is 11.6 Å². The monoisotopic (exact) mass is 327 g/mol. The van der Waals surface area contributed by atoms with Crippen LogP contribution in [0.2, 0.25) is 5.02 Å². The van der Waals surface area contributed by atoms with E-state index in [1.807, 2.05) is 6.07 Å². The number of nitrogens with zero attached hydrogens (tertiary/aromatic N) is 1. The maximum Gasteiger partial charge on any atom is 0.417 e. The maximum atomic E-state index is 12.8. The average Bonchev–Trinajstić information content (AvgIpc) is 2.48. The van der Waals surface area contributed by atoms with Gasteiger partial charge in [-0.25, -0.2) is 0 Å². The first kappa shape index (κ1) is 16.1. The van der Waals surface area contributed by atoms with Gasteiger partial charge < -0.3 is 9.84 Å². The molecular weight excluding hydrogens is 319 g/mol. The molecule has 0 fully saturated rings. The summed E-state index contributed by atoms with van der Waals surface area (Å²) in [5.74, 6) is 0.000111. The van der Waals surface area contributed by atoms with Crippen LogP contribution in [0.1, 0.15) is 16.7 Å². The van der Waals surface area contributed by atoms with Gasteiger partial charge in [-0.2, -0.15) is 18.4 Å². The van der Waals surface area contributed by atoms with Gasteiger partial charge >= 0.3 is 6.18 Å². The zero-order valence-electron chi connectivity index (χ0n) is 11.0. The minimum atomic E-state index is -4.60. The van der Waals surface area contributed by atoms with Crippen molar-refractivity contribution in [2.75, 3.05) is 0 Å². The number of aliphatic hydroxyl groups is 1. The fourth-order valence-corrected chi connectivity index (χ4v) is 1.99. The number of alkyl halides is 3. The maximum absolute atomic E-state index is 12.8. The highest BCUT2D eigenvalue weighted by Crippen LogP contribution is 2.38. The van der Waals surface area contributed by atoms with Crippen molar-refractivity contribution in [1.82, 2.24) is 0 Å². The molecule has 0 amide bonds. The highest BCUT2D eigenvalue weighted by Gasteiger charge is 2.33. The number of hydrogen-bond donors (Lipinski definition) is 1. The Hall–Kier alpha value is -2.23. The van der Waals surface area contributed by atoms with E-state index >= 15 is 0 Å². The van der Waals surface area contributed by atoms with Crippen LogP contribution in [0, 0.1) is 11.3 Å². The highest BCUT2D eigenvalue weighted by molar-refractivity contribution is 6.31. The minimum absolute atomic E-state index is 0.0926. The van der Waals surface area contributed by atoms with Gasteiger partial charge in [0.05, 0.1) is 22.8 Å². The van der Waals surface area contributed by atoms with Gasteiger partial charge in [0.2, 0.25) is 0 Å². The molecule has 22 heavy (non-hydrogen) atoms. The summed E-state index contributed by atoms with van der Waals surface area (Å²) in [6, 6.07) is 9.30. The second-order valence-electron chi connectivity index (χ2n) is 4.34. The molecule has 0 bridgehead atoms. The summed E-state index contributed by atoms with van der Waals surface area (Å²) in [4.78, 5) is 0. The summed E-state index contributed by atoms with van der Waals surface area (Å²) in [7, 11) is 0. The fourth-order valence-electron chi connectivity index (χ4n) is 1.76. The van der Waals surface area contributed by atoms with E-state index < -0.39 is 16.8 Å². The van der Waals surface area contributed by atoms with Crippen molar-refractivity contribution in [3.05, 3.63) is 58.1 Å². The molecule has 0 aliphatic rings. The molecule has 1 N–H and O–H groups in total. The molecule has 3 nitrogen and oxygen atoms in total. The molecule has 2 aromatic rings. The first-order valence-corrected chi connectivity index (χ1v) is 6.41. The number of rotatable bonds is 3. The van der Waals surface area contributed by atoms with Crippen LogP contribution in [-0.4, -0.2) is 5.11 Å². The molecule has 0 spiro atoms. The summed E-state index contributed by atoms with van der Waals surface area (Å²) in [6.07, 6.45) is -4.60. The first-order valence-electron chi connectivity index (χ1n) is 6.03. The van der Waals surface area contributed by atoms with Crippen LogP contribution < -0.4 is 4.74 Å². The van der Waals surface area contributed by atoms with Gasteiger partial charge in [-0.05, 0) is 35.9 Å². The summed E-state index contributed by atoms with van der Waals surface area (Å²) in [6.45, 7) is -0.256. The molecule has 114 valence electrons. The van der Waals surface area contributed by atoms with Gasteiger partial charge in [0.1, 0.15) is 17.6 Å². The molecule has 0 heterocycles. The van der Waals surface area contributed by atoms with Gasteiger partial charge in [0.25, 0.3) is 0 Å². The van der Waals surface area contributed by atoms with Crippen molar-refractivity contribution < 1.29 is 23.0 Å². The van der Waals surface area contributed by atoms with Crippen LogP contribution in [0.3, 0.4) is 0 Å². The zero-order chi connectivity index (χ0) is 16.3. The largest absolute Gasteiger partial charge is 0.456 e. The molecule has 2 rings (SSSR count). The smallest absolute Gasteiger partial charge is 0.417 e. The predicted molar refractivity (Wildman–Crippen MR) is 73.6 cm³/mol. The summed E-state index contributed by atoms with van der Waals surface area (Å²) in [5.41, 5.74) is -0.414. The van der Waals surface area contributed by atoms with E-state index in [2.05, 4.69) is 0 Å². The molecule has 0 aliphatic carbocycles. The molecule has 7 heteroatoms. The molecule has 0 radical (unpaired) electrons. The molecule has 0 saturated carbocycles.